The second-order valence-corrected chi connectivity index (χ2v) is 4.82. The molecule has 4 heteroatoms. The summed E-state index contributed by atoms with van der Waals surface area (Å²) in [6.45, 7) is 5.01. The Morgan fingerprint density at radius 2 is 2.12 bits per heavy atom. The number of benzene rings is 1. The maximum Gasteiger partial charge on any atom is 0.136 e. The molecular formula is C12H17F2NS. The van der Waals surface area contributed by atoms with Crippen LogP contribution in [-0.4, -0.2) is 18.3 Å². The molecule has 1 rings (SSSR count). The molecule has 0 spiro atoms. The van der Waals surface area contributed by atoms with Crippen LogP contribution < -0.4 is 5.32 Å². The van der Waals surface area contributed by atoms with Crippen molar-refractivity contribution in [2.75, 3.05) is 12.3 Å². The number of rotatable bonds is 6. The lowest BCUT2D eigenvalue weighted by Crippen LogP contribution is -2.27. The third kappa shape index (κ3) is 4.49. The monoisotopic (exact) mass is 245 g/mol. The minimum Gasteiger partial charge on any atom is -0.313 e. The minimum atomic E-state index is -0.390. The van der Waals surface area contributed by atoms with Gasteiger partial charge in [-0.25, -0.2) is 8.78 Å². The third-order valence-electron chi connectivity index (χ3n) is 2.36. The summed E-state index contributed by atoms with van der Waals surface area (Å²) in [5.74, 6) is -0.00113. The van der Waals surface area contributed by atoms with E-state index in [4.69, 9.17) is 0 Å². The highest BCUT2D eigenvalue weighted by Gasteiger charge is 2.04. The van der Waals surface area contributed by atoms with Crippen molar-refractivity contribution in [3.05, 3.63) is 29.8 Å². The maximum absolute atomic E-state index is 13.2. The van der Waals surface area contributed by atoms with Crippen molar-refractivity contribution in [3.63, 3.8) is 0 Å². The van der Waals surface area contributed by atoms with Crippen LogP contribution in [0.15, 0.2) is 23.1 Å². The molecule has 0 aliphatic heterocycles. The van der Waals surface area contributed by atoms with Gasteiger partial charge in [0.25, 0.3) is 0 Å². The molecule has 0 aromatic heterocycles. The van der Waals surface area contributed by atoms with Crippen molar-refractivity contribution in [2.45, 2.75) is 31.2 Å². The van der Waals surface area contributed by atoms with E-state index in [0.717, 1.165) is 24.8 Å². The molecule has 16 heavy (non-hydrogen) atoms. The van der Waals surface area contributed by atoms with Gasteiger partial charge >= 0.3 is 0 Å². The van der Waals surface area contributed by atoms with E-state index in [1.165, 1.54) is 23.9 Å². The zero-order valence-corrected chi connectivity index (χ0v) is 10.4. The fourth-order valence-electron chi connectivity index (χ4n) is 1.20. The molecule has 0 radical (unpaired) electrons. The first-order valence-corrected chi connectivity index (χ1v) is 6.43. The van der Waals surface area contributed by atoms with Crippen molar-refractivity contribution >= 4 is 11.8 Å². The average molecular weight is 245 g/mol. The van der Waals surface area contributed by atoms with Gasteiger partial charge in [0.15, 0.2) is 0 Å². The number of thioether (sulfide) groups is 1. The molecule has 1 nitrogen and oxygen atoms in total. The van der Waals surface area contributed by atoms with Gasteiger partial charge in [-0.05, 0) is 31.5 Å². The predicted molar refractivity (Wildman–Crippen MR) is 64.8 cm³/mol. The van der Waals surface area contributed by atoms with Crippen molar-refractivity contribution < 1.29 is 8.78 Å². The number of hydrogen-bond donors (Lipinski definition) is 1. The molecule has 0 saturated heterocycles. The summed E-state index contributed by atoms with van der Waals surface area (Å²) in [7, 11) is 0. The molecule has 0 saturated carbocycles. The van der Waals surface area contributed by atoms with E-state index >= 15 is 0 Å². The second kappa shape index (κ2) is 6.86. The summed E-state index contributed by atoms with van der Waals surface area (Å²) in [5.41, 5.74) is 0. The topological polar surface area (TPSA) is 12.0 Å². The van der Waals surface area contributed by atoms with Gasteiger partial charge in [0, 0.05) is 23.2 Å². The molecule has 0 aliphatic rings. The Morgan fingerprint density at radius 1 is 1.38 bits per heavy atom. The lowest BCUT2D eigenvalue weighted by molar-refractivity contribution is 0.554. The van der Waals surface area contributed by atoms with Gasteiger partial charge in [-0.1, -0.05) is 6.92 Å². The lowest BCUT2D eigenvalue weighted by Gasteiger charge is -2.10. The zero-order valence-electron chi connectivity index (χ0n) is 9.59. The molecular weight excluding hydrogens is 228 g/mol. The Kier molecular flexibility index (Phi) is 5.77. The molecule has 0 amide bonds. The SMILES string of the molecule is CCC(C)NCCSc1cc(F)ccc1F. The summed E-state index contributed by atoms with van der Waals surface area (Å²) >= 11 is 1.34. The van der Waals surface area contributed by atoms with Crippen LogP contribution in [0.2, 0.25) is 0 Å². The van der Waals surface area contributed by atoms with E-state index in [1.807, 2.05) is 0 Å². The molecule has 0 aliphatic carbocycles. The average Bonchev–Trinajstić information content (AvgIpc) is 2.28. The normalized spacial score (nSPS) is 12.8. The summed E-state index contributed by atoms with van der Waals surface area (Å²) in [6.07, 6.45) is 1.07. The predicted octanol–water partition coefficient (Wildman–Crippen LogP) is 3.45. The number of hydrogen-bond acceptors (Lipinski definition) is 2. The third-order valence-corrected chi connectivity index (χ3v) is 3.39. The van der Waals surface area contributed by atoms with Crippen LogP contribution in [0.3, 0.4) is 0 Å². The van der Waals surface area contributed by atoms with Crippen LogP contribution in [0, 0.1) is 11.6 Å². The standard InChI is InChI=1S/C12H17F2NS/c1-3-9(2)15-6-7-16-12-8-10(13)4-5-11(12)14/h4-5,8-9,15H,3,6-7H2,1-2H3. The van der Waals surface area contributed by atoms with Crippen molar-refractivity contribution in [1.29, 1.82) is 0 Å². The van der Waals surface area contributed by atoms with Crippen molar-refractivity contribution in [2.24, 2.45) is 0 Å². The number of nitrogens with one attached hydrogen (secondary N) is 1. The number of halogens is 2. The Hall–Kier alpha value is -0.610. The Labute approximate surface area is 99.6 Å². The molecule has 1 aromatic carbocycles. The van der Waals surface area contributed by atoms with Gasteiger partial charge in [0.05, 0.1) is 0 Å². The van der Waals surface area contributed by atoms with E-state index in [9.17, 15) is 8.78 Å². The zero-order chi connectivity index (χ0) is 12.0. The van der Waals surface area contributed by atoms with Crippen LogP contribution in [0.1, 0.15) is 20.3 Å². The van der Waals surface area contributed by atoms with Crippen LogP contribution in [0.5, 0.6) is 0 Å². The highest BCUT2D eigenvalue weighted by molar-refractivity contribution is 7.99. The Bertz CT molecular complexity index is 331. The van der Waals surface area contributed by atoms with Gasteiger partial charge in [-0.2, -0.15) is 0 Å². The summed E-state index contributed by atoms with van der Waals surface area (Å²) in [6, 6.07) is 4.01. The van der Waals surface area contributed by atoms with E-state index < -0.39 is 5.82 Å². The molecule has 90 valence electrons. The Balaban J connectivity index is 2.34. The van der Waals surface area contributed by atoms with Crippen molar-refractivity contribution in [3.8, 4) is 0 Å². The molecule has 0 heterocycles. The maximum atomic E-state index is 13.2. The van der Waals surface area contributed by atoms with Crippen molar-refractivity contribution in [1.82, 2.24) is 5.32 Å². The van der Waals surface area contributed by atoms with Crippen LogP contribution in [0.25, 0.3) is 0 Å². The summed E-state index contributed by atoms with van der Waals surface area (Å²) in [5, 5.41) is 3.30. The van der Waals surface area contributed by atoms with Crippen LogP contribution in [-0.2, 0) is 0 Å². The molecule has 0 bridgehead atoms. The van der Waals surface area contributed by atoms with Gasteiger partial charge in [-0.15, -0.1) is 11.8 Å². The van der Waals surface area contributed by atoms with E-state index in [0.29, 0.717) is 10.9 Å². The Morgan fingerprint density at radius 3 is 2.81 bits per heavy atom. The molecule has 1 atom stereocenters. The fraction of sp³-hybridized carbons (Fsp3) is 0.500. The van der Waals surface area contributed by atoms with E-state index in [-0.39, 0.29) is 5.82 Å². The largest absolute Gasteiger partial charge is 0.313 e. The fourth-order valence-corrected chi connectivity index (χ4v) is 2.04. The first-order chi connectivity index (χ1) is 7.63. The summed E-state index contributed by atoms with van der Waals surface area (Å²) in [4.78, 5) is 0.381. The van der Waals surface area contributed by atoms with E-state index in [2.05, 4.69) is 19.2 Å². The molecule has 1 aromatic rings. The van der Waals surface area contributed by atoms with Crippen LogP contribution >= 0.6 is 11.8 Å². The van der Waals surface area contributed by atoms with Crippen LogP contribution in [0.4, 0.5) is 8.78 Å². The molecule has 1 N–H and O–H groups in total. The van der Waals surface area contributed by atoms with Gasteiger partial charge in [0.1, 0.15) is 11.6 Å². The quantitative estimate of drug-likeness (QED) is 0.608. The molecule has 1 unspecified atom stereocenters. The molecule has 0 fully saturated rings. The smallest absolute Gasteiger partial charge is 0.136 e. The lowest BCUT2D eigenvalue weighted by atomic mass is 10.3. The highest BCUT2D eigenvalue weighted by atomic mass is 32.2. The van der Waals surface area contributed by atoms with Gasteiger partial charge in [0.2, 0.25) is 0 Å². The second-order valence-electron chi connectivity index (χ2n) is 3.69. The van der Waals surface area contributed by atoms with E-state index in [1.54, 1.807) is 0 Å². The van der Waals surface area contributed by atoms with Gasteiger partial charge in [-0.3, -0.25) is 0 Å². The first-order valence-electron chi connectivity index (χ1n) is 5.44. The first kappa shape index (κ1) is 13.5. The summed E-state index contributed by atoms with van der Waals surface area (Å²) < 4.78 is 26.1. The highest BCUT2D eigenvalue weighted by Crippen LogP contribution is 2.21. The van der Waals surface area contributed by atoms with Gasteiger partial charge < -0.3 is 5.32 Å². The minimum absolute atomic E-state index is 0.352.